The number of guanidine groups is 1. The van der Waals surface area contributed by atoms with Crippen LogP contribution >= 0.6 is 0 Å². The molecule has 0 amide bonds. The molecule has 0 aliphatic carbocycles. The van der Waals surface area contributed by atoms with Gasteiger partial charge in [-0.3, -0.25) is 4.99 Å². The highest BCUT2D eigenvalue weighted by Crippen LogP contribution is 2.06. The van der Waals surface area contributed by atoms with Gasteiger partial charge in [0.05, 0.1) is 0 Å². The van der Waals surface area contributed by atoms with Crippen molar-refractivity contribution in [3.63, 3.8) is 0 Å². The zero-order valence-electron chi connectivity index (χ0n) is 16.5. The highest BCUT2D eigenvalue weighted by molar-refractivity contribution is 5.79. The van der Waals surface area contributed by atoms with Gasteiger partial charge in [0.15, 0.2) is 5.96 Å². The molecule has 5 nitrogen and oxygen atoms in total. The average Bonchev–Trinajstić information content (AvgIpc) is 2.66. The van der Waals surface area contributed by atoms with E-state index >= 15 is 0 Å². The van der Waals surface area contributed by atoms with E-state index in [4.69, 9.17) is 0 Å². The van der Waals surface area contributed by atoms with Crippen LogP contribution in [0, 0.1) is 11.7 Å². The monoisotopic (exact) mass is 363 g/mol. The minimum atomic E-state index is -0.144. The Balaban J connectivity index is 1.64. The van der Waals surface area contributed by atoms with E-state index in [0.717, 1.165) is 44.2 Å². The zero-order chi connectivity index (χ0) is 18.8. The molecule has 2 N–H and O–H groups in total. The van der Waals surface area contributed by atoms with E-state index in [2.05, 4.69) is 39.3 Å². The lowest BCUT2D eigenvalue weighted by Crippen LogP contribution is -2.48. The molecule has 2 rings (SSSR count). The summed E-state index contributed by atoms with van der Waals surface area (Å²) in [5, 5.41) is 6.66. The van der Waals surface area contributed by atoms with Gasteiger partial charge in [-0.15, -0.1) is 0 Å². The number of hydrogen-bond acceptors (Lipinski definition) is 3. The van der Waals surface area contributed by atoms with Crippen LogP contribution < -0.4 is 10.6 Å². The molecule has 1 aromatic carbocycles. The van der Waals surface area contributed by atoms with Crippen LogP contribution in [0.5, 0.6) is 0 Å². The number of benzene rings is 1. The Morgan fingerprint density at radius 2 is 1.85 bits per heavy atom. The summed E-state index contributed by atoms with van der Waals surface area (Å²) in [6.45, 7) is 13.0. The molecule has 146 valence electrons. The molecule has 0 radical (unpaired) electrons. The van der Waals surface area contributed by atoms with E-state index in [9.17, 15) is 4.39 Å². The maximum atomic E-state index is 13.6. The highest BCUT2D eigenvalue weighted by atomic mass is 19.1. The lowest BCUT2D eigenvalue weighted by molar-refractivity contribution is 0.124. The van der Waals surface area contributed by atoms with Crippen LogP contribution in [-0.2, 0) is 6.42 Å². The van der Waals surface area contributed by atoms with Crippen molar-refractivity contribution in [1.82, 2.24) is 20.4 Å². The smallest absolute Gasteiger partial charge is 0.190 e. The molecule has 0 saturated carbocycles. The predicted octanol–water partition coefficient (Wildman–Crippen LogP) is 1.81. The minimum Gasteiger partial charge on any atom is -0.356 e. The molecular formula is C20H34FN5. The predicted molar refractivity (Wildman–Crippen MR) is 107 cm³/mol. The number of nitrogens with zero attached hydrogens (tertiary/aromatic N) is 3. The van der Waals surface area contributed by atoms with Crippen LogP contribution in [0.2, 0.25) is 0 Å². The number of rotatable bonds is 8. The van der Waals surface area contributed by atoms with Crippen molar-refractivity contribution in [3.8, 4) is 0 Å². The van der Waals surface area contributed by atoms with Crippen molar-refractivity contribution >= 4 is 5.96 Å². The fourth-order valence-electron chi connectivity index (χ4n) is 3.30. The molecule has 1 fully saturated rings. The van der Waals surface area contributed by atoms with Gasteiger partial charge in [0.1, 0.15) is 5.82 Å². The van der Waals surface area contributed by atoms with Crippen molar-refractivity contribution < 1.29 is 4.39 Å². The summed E-state index contributed by atoms with van der Waals surface area (Å²) in [6, 6.07) is 6.92. The van der Waals surface area contributed by atoms with E-state index in [1.165, 1.54) is 19.2 Å². The number of halogens is 1. The van der Waals surface area contributed by atoms with Crippen molar-refractivity contribution in [1.29, 1.82) is 0 Å². The number of piperazine rings is 1. The Kier molecular flexibility index (Phi) is 8.85. The number of likely N-dealkylation sites (N-methyl/N-ethyl adjacent to an activating group) is 1. The molecule has 1 atom stereocenters. The fourth-order valence-corrected chi connectivity index (χ4v) is 3.30. The first-order chi connectivity index (χ1) is 12.6. The van der Waals surface area contributed by atoms with Crippen molar-refractivity contribution in [2.45, 2.75) is 20.3 Å². The van der Waals surface area contributed by atoms with Gasteiger partial charge < -0.3 is 20.4 Å². The summed E-state index contributed by atoms with van der Waals surface area (Å²) in [7, 11) is 1.77. The maximum absolute atomic E-state index is 13.6. The van der Waals surface area contributed by atoms with E-state index in [-0.39, 0.29) is 5.82 Å². The summed E-state index contributed by atoms with van der Waals surface area (Å²) in [4.78, 5) is 9.31. The third kappa shape index (κ3) is 6.92. The van der Waals surface area contributed by atoms with Crippen LogP contribution in [0.3, 0.4) is 0 Å². The first kappa shape index (κ1) is 20.6. The van der Waals surface area contributed by atoms with Crippen molar-refractivity contribution in [3.05, 3.63) is 35.6 Å². The van der Waals surface area contributed by atoms with Gasteiger partial charge >= 0.3 is 0 Å². The quantitative estimate of drug-likeness (QED) is 0.546. The molecule has 1 heterocycles. The normalized spacial score (nSPS) is 17.9. The second-order valence-electron chi connectivity index (χ2n) is 7.06. The number of hydrogen-bond donors (Lipinski definition) is 2. The van der Waals surface area contributed by atoms with Crippen LogP contribution in [0.15, 0.2) is 29.3 Å². The average molecular weight is 364 g/mol. The van der Waals surface area contributed by atoms with Gasteiger partial charge in [0.2, 0.25) is 0 Å². The molecule has 6 heteroatoms. The van der Waals surface area contributed by atoms with E-state index < -0.39 is 0 Å². The molecule has 1 aromatic rings. The Bertz CT molecular complexity index is 555. The number of nitrogens with one attached hydrogen (secondary N) is 2. The van der Waals surface area contributed by atoms with E-state index in [1.54, 1.807) is 13.1 Å². The van der Waals surface area contributed by atoms with Crippen LogP contribution in [0.1, 0.15) is 19.4 Å². The third-order valence-electron chi connectivity index (χ3n) is 4.97. The topological polar surface area (TPSA) is 42.9 Å². The first-order valence-corrected chi connectivity index (χ1v) is 9.75. The van der Waals surface area contributed by atoms with Crippen LogP contribution in [0.4, 0.5) is 4.39 Å². The number of aliphatic imine (C=N–C) groups is 1. The van der Waals surface area contributed by atoms with E-state index in [0.29, 0.717) is 18.9 Å². The third-order valence-corrected chi connectivity index (χ3v) is 4.97. The molecule has 0 bridgehead atoms. The van der Waals surface area contributed by atoms with Gasteiger partial charge in [-0.25, -0.2) is 4.39 Å². The first-order valence-electron chi connectivity index (χ1n) is 9.75. The zero-order valence-corrected chi connectivity index (χ0v) is 16.5. The Morgan fingerprint density at radius 3 is 2.50 bits per heavy atom. The summed E-state index contributed by atoms with van der Waals surface area (Å²) in [6.07, 6.45) is 0.643. The van der Waals surface area contributed by atoms with Gasteiger partial charge in [-0.1, -0.05) is 32.0 Å². The SMILES string of the molecule is CCN1CCN(CC(C)CNC(=NC)NCCc2ccccc2F)CC1. The highest BCUT2D eigenvalue weighted by Gasteiger charge is 2.17. The van der Waals surface area contributed by atoms with Gasteiger partial charge in [-0.2, -0.15) is 0 Å². The molecule has 1 aliphatic rings. The second-order valence-corrected chi connectivity index (χ2v) is 7.06. The standard InChI is InChI=1S/C20H34FN5/c1-4-25-11-13-26(14-12-25)16-17(2)15-24-20(22-3)23-10-9-18-7-5-6-8-19(18)21/h5-8,17H,4,9-16H2,1-3H3,(H2,22,23,24). The lowest BCUT2D eigenvalue weighted by atomic mass is 10.1. The van der Waals surface area contributed by atoms with Gasteiger partial charge in [0, 0.05) is 52.9 Å². The maximum Gasteiger partial charge on any atom is 0.190 e. The summed E-state index contributed by atoms with van der Waals surface area (Å²) in [5.74, 6) is 1.19. The van der Waals surface area contributed by atoms with Crippen LogP contribution in [0.25, 0.3) is 0 Å². The lowest BCUT2D eigenvalue weighted by Gasteiger charge is -2.35. The molecule has 26 heavy (non-hydrogen) atoms. The molecule has 0 aromatic heterocycles. The van der Waals surface area contributed by atoms with Gasteiger partial charge in [0.25, 0.3) is 0 Å². The molecule has 1 unspecified atom stereocenters. The Labute approximate surface area is 157 Å². The Morgan fingerprint density at radius 1 is 1.15 bits per heavy atom. The van der Waals surface area contributed by atoms with Crippen molar-refractivity contribution in [2.24, 2.45) is 10.9 Å². The van der Waals surface area contributed by atoms with Crippen LogP contribution in [-0.4, -0.2) is 75.2 Å². The summed E-state index contributed by atoms with van der Waals surface area (Å²) in [5.41, 5.74) is 0.732. The van der Waals surface area contributed by atoms with Gasteiger partial charge in [-0.05, 0) is 30.5 Å². The summed E-state index contributed by atoms with van der Waals surface area (Å²) < 4.78 is 13.6. The van der Waals surface area contributed by atoms with E-state index in [1.807, 2.05) is 12.1 Å². The fraction of sp³-hybridized carbons (Fsp3) is 0.650. The minimum absolute atomic E-state index is 0.144. The molecule has 1 saturated heterocycles. The largest absolute Gasteiger partial charge is 0.356 e. The van der Waals surface area contributed by atoms with Crippen molar-refractivity contribution in [2.75, 3.05) is 59.4 Å². The molecular weight excluding hydrogens is 329 g/mol. The second kappa shape index (κ2) is 11.1. The molecule has 0 spiro atoms. The summed E-state index contributed by atoms with van der Waals surface area (Å²) >= 11 is 0. The molecule has 1 aliphatic heterocycles. The Hall–Kier alpha value is -1.66.